The summed E-state index contributed by atoms with van der Waals surface area (Å²) in [6.07, 6.45) is 16.8. The van der Waals surface area contributed by atoms with E-state index >= 15 is 0 Å². The Morgan fingerprint density at radius 1 is 0.320 bits per heavy atom. The number of hydrogen-bond acceptors (Lipinski definition) is 14. The zero-order valence-corrected chi connectivity index (χ0v) is 64.7. The van der Waals surface area contributed by atoms with Crippen LogP contribution in [0.15, 0.2) is 0 Å². The van der Waals surface area contributed by atoms with Gasteiger partial charge in [-0.05, 0) is 146 Å². The molecule has 0 spiro atoms. The summed E-state index contributed by atoms with van der Waals surface area (Å²) in [5.74, 6) is 4.42. The van der Waals surface area contributed by atoms with Crippen molar-refractivity contribution in [3.63, 3.8) is 0 Å². The first-order valence-electron chi connectivity index (χ1n) is 38.5. The van der Waals surface area contributed by atoms with Crippen LogP contribution in [0.4, 0.5) is 38.4 Å². The number of likely N-dealkylation sites (N-methyl/N-ethyl adjacent to an activating group) is 2. The Morgan fingerprint density at radius 3 is 0.810 bits per heavy atom. The van der Waals surface area contributed by atoms with E-state index in [4.69, 9.17) is 9.47 Å². The van der Waals surface area contributed by atoms with E-state index in [0.29, 0.717) is 57.6 Å². The number of rotatable bonds is 8. The van der Waals surface area contributed by atoms with Gasteiger partial charge in [0.2, 0.25) is 0 Å². The number of nitrogens with one attached hydrogen (secondary N) is 4. The van der Waals surface area contributed by atoms with Crippen molar-refractivity contribution in [3.8, 4) is 0 Å². The molecule has 12 aliphatic rings. The number of likely N-dealkylation sites (tertiary alicyclic amines) is 4. The molecule has 0 aromatic rings. The third-order valence-electron chi connectivity index (χ3n) is 19.2. The maximum atomic E-state index is 12.2. The summed E-state index contributed by atoms with van der Waals surface area (Å²) in [6, 6.07) is 2.29. The highest BCUT2D eigenvalue weighted by molar-refractivity contribution is 7.99. The van der Waals surface area contributed by atoms with Gasteiger partial charge in [-0.25, -0.2) is 38.4 Å². The van der Waals surface area contributed by atoms with Crippen LogP contribution >= 0.6 is 23.5 Å². The molecule has 10 saturated heterocycles. The van der Waals surface area contributed by atoms with Crippen molar-refractivity contribution in [2.75, 3.05) is 260 Å². The highest BCUT2D eigenvalue weighted by atomic mass is 32.2. The molecule has 0 bridgehead atoms. The van der Waals surface area contributed by atoms with E-state index < -0.39 is 0 Å². The van der Waals surface area contributed by atoms with Crippen LogP contribution in [0.25, 0.3) is 0 Å². The smallest absolute Gasteiger partial charge is 0.320 e. The highest BCUT2D eigenvalue weighted by Crippen LogP contribution is 2.22. The summed E-state index contributed by atoms with van der Waals surface area (Å²) < 4.78 is 10.4. The molecule has 0 unspecified atom stereocenters. The van der Waals surface area contributed by atoms with Crippen molar-refractivity contribution in [3.05, 3.63) is 0 Å². The van der Waals surface area contributed by atoms with E-state index in [1.54, 1.807) is 0 Å². The summed E-state index contributed by atoms with van der Waals surface area (Å²) in [4.78, 5) is 121. The summed E-state index contributed by atoms with van der Waals surface area (Å²) >= 11 is 3.89. The van der Waals surface area contributed by atoms with Crippen LogP contribution in [0.2, 0.25) is 0 Å². The zero-order valence-electron chi connectivity index (χ0n) is 63.1. The Balaban J connectivity index is 0.000000207. The highest BCUT2D eigenvalue weighted by Gasteiger charge is 2.31. The number of amides is 16. The van der Waals surface area contributed by atoms with Gasteiger partial charge in [-0.2, -0.15) is 23.5 Å². The summed E-state index contributed by atoms with van der Waals surface area (Å²) in [7, 11) is 4.22. The third-order valence-corrected chi connectivity index (χ3v) is 21.1. The van der Waals surface area contributed by atoms with E-state index in [1.165, 1.54) is 64.2 Å². The Hall–Kier alpha value is -5.30. The summed E-state index contributed by atoms with van der Waals surface area (Å²) in [6.45, 7) is 41.0. The van der Waals surface area contributed by atoms with Crippen molar-refractivity contribution in [2.45, 2.75) is 144 Å². The molecule has 0 radical (unpaired) electrons. The molecule has 12 rings (SSSR count). The largest absolute Gasteiger partial charge is 0.378 e. The van der Waals surface area contributed by atoms with Gasteiger partial charge in [-0.1, -0.05) is 0 Å². The fraction of sp³-hybridized carbons (Fsp3) is 0.886. The number of nitrogens with zero attached hydrogens (tertiary/aromatic N) is 14. The molecule has 12 fully saturated rings. The molecule has 10 aliphatic heterocycles. The van der Waals surface area contributed by atoms with Gasteiger partial charge in [-0.15, -0.1) is 0 Å². The average molecular weight is 1450 g/mol. The van der Waals surface area contributed by atoms with Gasteiger partial charge in [0, 0.05) is 231 Å². The normalized spacial score (nSPS) is 21.0. The molecular formula is C70H134N18O10S2. The average Bonchev–Trinajstić information content (AvgIpc) is 1.42. The van der Waals surface area contributed by atoms with Gasteiger partial charge in [0.25, 0.3) is 0 Å². The number of carbonyl (C=O) groups is 8. The van der Waals surface area contributed by atoms with Gasteiger partial charge >= 0.3 is 48.2 Å². The summed E-state index contributed by atoms with van der Waals surface area (Å²) in [5, 5.41) is 10.9. The first kappa shape index (κ1) is 85.3. The number of piperazine rings is 2. The zero-order chi connectivity index (χ0) is 72.3. The van der Waals surface area contributed by atoms with Crippen LogP contribution in [-0.4, -0.2) is 389 Å². The fourth-order valence-corrected chi connectivity index (χ4v) is 14.2. The number of morpholine rings is 2. The van der Waals surface area contributed by atoms with Crippen LogP contribution in [0.3, 0.4) is 0 Å². The standard InChI is InChI=1S/C11H22N4O.C11H20N2O.C9H16N2O3.C9H16N2OS2.C9H16N2O.C9H20N2O.C7H12N2O.C5H12N2O/c1-12-3-7-14(8-4-12)11(16)15-9-5-13(2)6-10-15;14-11(12-7-3-1-4-8-12)13-9-5-2-6-10-13;2*12-9(10-1-5-13-6-2-10)11-3-7-14-8-4-11;12-9(10-5-1-2-6-10)11-7-3-4-8-11;1-5-10(6-2)9(12)11(7-3)8-4;10-7(8-5-1-2-5)9-6-3-4-6;1-3-6-5(8)7-4-2/h3-10H2,1-2H3;1-10H2;2*1-8H2;1-8H2;5-8H2,1-4H3;5-6H,1-4H2,(H2,8,9,10);3-4H2,1-2H3,(H2,6,7,8). The molecule has 0 aromatic heterocycles. The predicted octanol–water partition coefficient (Wildman–Crippen LogP) is 6.68. The van der Waals surface area contributed by atoms with Gasteiger partial charge < -0.3 is 99.3 Å². The second-order valence-electron chi connectivity index (χ2n) is 27.1. The molecule has 576 valence electrons. The lowest BCUT2D eigenvalue weighted by Crippen LogP contribution is -2.55. The lowest BCUT2D eigenvalue weighted by molar-refractivity contribution is 0.0189. The van der Waals surface area contributed by atoms with Gasteiger partial charge in [0.05, 0.1) is 26.4 Å². The van der Waals surface area contributed by atoms with Crippen molar-refractivity contribution in [1.29, 1.82) is 0 Å². The number of piperidine rings is 2. The minimum atomic E-state index is -0.0880. The minimum Gasteiger partial charge on any atom is -0.378 e. The van der Waals surface area contributed by atoms with Crippen LogP contribution in [-0.2, 0) is 9.47 Å². The number of ether oxygens (including phenoxy) is 2. The van der Waals surface area contributed by atoms with Crippen LogP contribution in [0.5, 0.6) is 0 Å². The molecule has 30 heteroatoms. The van der Waals surface area contributed by atoms with E-state index in [1.807, 2.05) is 124 Å². The molecule has 28 nitrogen and oxygen atoms in total. The second-order valence-corrected chi connectivity index (χ2v) is 29.5. The van der Waals surface area contributed by atoms with Crippen LogP contribution < -0.4 is 21.3 Å². The van der Waals surface area contributed by atoms with E-state index in [0.717, 1.165) is 232 Å². The molecule has 100 heavy (non-hydrogen) atoms. The first-order chi connectivity index (χ1) is 48.5. The molecule has 4 N–H and O–H groups in total. The molecule has 0 atom stereocenters. The molecule has 0 aromatic carbocycles. The van der Waals surface area contributed by atoms with Crippen molar-refractivity contribution in [1.82, 2.24) is 89.9 Å². The van der Waals surface area contributed by atoms with E-state index in [9.17, 15) is 38.4 Å². The summed E-state index contributed by atoms with van der Waals surface area (Å²) in [5.41, 5.74) is 0. The fourth-order valence-electron chi connectivity index (χ4n) is 12.4. The second kappa shape index (κ2) is 50.2. The number of carbonyl (C=O) groups excluding carboxylic acids is 8. The first-order valence-corrected chi connectivity index (χ1v) is 40.8. The van der Waals surface area contributed by atoms with E-state index in [2.05, 4.69) is 45.2 Å². The Kier molecular flexibility index (Phi) is 42.8. The van der Waals surface area contributed by atoms with Gasteiger partial charge in [-0.3, -0.25) is 0 Å². The lowest BCUT2D eigenvalue weighted by Gasteiger charge is -2.39. The lowest BCUT2D eigenvalue weighted by atomic mass is 10.1. The van der Waals surface area contributed by atoms with Crippen LogP contribution in [0.1, 0.15) is 131 Å². The molecule has 2 saturated carbocycles. The predicted molar refractivity (Wildman–Crippen MR) is 402 cm³/mol. The van der Waals surface area contributed by atoms with Crippen molar-refractivity contribution in [2.24, 2.45) is 0 Å². The minimum absolute atomic E-state index is 0.0324. The number of hydrogen-bond donors (Lipinski definition) is 4. The Morgan fingerprint density at radius 2 is 0.560 bits per heavy atom. The van der Waals surface area contributed by atoms with Crippen molar-refractivity contribution < 1.29 is 47.8 Å². The number of thioether (sulfide) groups is 2. The van der Waals surface area contributed by atoms with Crippen LogP contribution in [0, 0.1) is 0 Å². The third kappa shape index (κ3) is 33.4. The van der Waals surface area contributed by atoms with Gasteiger partial charge in [0.15, 0.2) is 0 Å². The molecule has 16 amide bonds. The molecule has 10 heterocycles. The maximum absolute atomic E-state index is 12.2. The SMILES string of the molecule is CCN(CC)C(=O)N(CC)CC.CCNC(=O)NCC.CN1CCN(C(=O)N2CCN(C)CC2)CC1.O=C(N1CCCC1)N1CCCC1.O=C(N1CCCCC1)N1CCCCC1.O=C(N1CCOCC1)N1CCOCC1.O=C(N1CCSCC1)N1CCSCC1.O=C(NC1CC1)NC1CC1. The molecular weight excluding hydrogens is 1320 g/mol. The monoisotopic (exact) mass is 1450 g/mol. The molecule has 2 aliphatic carbocycles. The maximum Gasteiger partial charge on any atom is 0.320 e. The number of urea groups is 8. The Bertz CT molecular complexity index is 2030. The Labute approximate surface area is 609 Å². The quantitative estimate of drug-likeness (QED) is 0.198. The van der Waals surface area contributed by atoms with Crippen molar-refractivity contribution >= 4 is 71.8 Å². The topological polar surface area (TPSA) is 248 Å². The van der Waals surface area contributed by atoms with E-state index in [-0.39, 0.29) is 42.2 Å². The van der Waals surface area contributed by atoms with Gasteiger partial charge in [0.1, 0.15) is 0 Å².